The number of carboxylic acid groups (broad SMARTS) is 1. The number of amides is 1. The average molecular weight is 251 g/mol. The first kappa shape index (κ1) is 14.2. The quantitative estimate of drug-likeness (QED) is 0.760. The molecule has 0 atom stereocenters. The molecule has 5 nitrogen and oxygen atoms in total. The van der Waals surface area contributed by atoms with Gasteiger partial charge in [0.1, 0.15) is 0 Å². The summed E-state index contributed by atoms with van der Waals surface area (Å²) in [6, 6.07) is 6.70. The fraction of sp³-hybridized carbons (Fsp3) is 0.385. The van der Waals surface area contributed by atoms with E-state index < -0.39 is 5.97 Å². The van der Waals surface area contributed by atoms with Crippen molar-refractivity contribution >= 4 is 11.9 Å². The van der Waals surface area contributed by atoms with Gasteiger partial charge in [-0.05, 0) is 24.1 Å². The van der Waals surface area contributed by atoms with Crippen LogP contribution in [0.4, 0.5) is 0 Å². The molecule has 0 saturated carbocycles. The van der Waals surface area contributed by atoms with Gasteiger partial charge in [-0.1, -0.05) is 12.1 Å². The predicted molar refractivity (Wildman–Crippen MR) is 66.6 cm³/mol. The van der Waals surface area contributed by atoms with E-state index in [-0.39, 0.29) is 11.5 Å². The summed E-state index contributed by atoms with van der Waals surface area (Å²) in [4.78, 5) is 22.1. The lowest BCUT2D eigenvalue weighted by atomic mass is 10.1. The van der Waals surface area contributed by atoms with Gasteiger partial charge in [0, 0.05) is 20.1 Å². The number of hydrogen-bond donors (Lipinski definition) is 2. The van der Waals surface area contributed by atoms with Crippen molar-refractivity contribution in [1.82, 2.24) is 5.32 Å². The Morgan fingerprint density at radius 3 is 2.83 bits per heavy atom. The zero-order valence-corrected chi connectivity index (χ0v) is 10.3. The summed E-state index contributed by atoms with van der Waals surface area (Å²) in [6.07, 6.45) is 0.950. The third-order valence-electron chi connectivity index (χ3n) is 2.44. The number of benzene rings is 1. The zero-order chi connectivity index (χ0) is 13.4. The molecule has 0 aliphatic carbocycles. The molecule has 0 fully saturated rings. The van der Waals surface area contributed by atoms with Crippen LogP contribution in [0.3, 0.4) is 0 Å². The highest BCUT2D eigenvalue weighted by Crippen LogP contribution is 2.05. The largest absolute Gasteiger partial charge is 0.478 e. The molecule has 1 amide bonds. The molecule has 1 aromatic rings. The van der Waals surface area contributed by atoms with Gasteiger partial charge in [-0.2, -0.15) is 0 Å². The van der Waals surface area contributed by atoms with E-state index in [0.29, 0.717) is 26.0 Å². The lowest BCUT2D eigenvalue weighted by molar-refractivity contribution is -0.121. The normalized spacial score (nSPS) is 10.1. The Labute approximate surface area is 106 Å². The van der Waals surface area contributed by atoms with Gasteiger partial charge >= 0.3 is 5.97 Å². The number of methoxy groups -OCH3 is 1. The molecule has 0 radical (unpaired) electrons. The molecule has 0 saturated heterocycles. The van der Waals surface area contributed by atoms with Crippen molar-refractivity contribution in [1.29, 1.82) is 0 Å². The molecule has 0 spiro atoms. The van der Waals surface area contributed by atoms with E-state index in [0.717, 1.165) is 5.56 Å². The van der Waals surface area contributed by atoms with Crippen molar-refractivity contribution in [3.63, 3.8) is 0 Å². The van der Waals surface area contributed by atoms with E-state index in [9.17, 15) is 9.59 Å². The standard InChI is InChI=1S/C13H17NO4/c1-18-8-6-12(15)14-7-5-10-3-2-4-11(9-10)13(16)17/h2-4,9H,5-8H2,1H3,(H,14,15)(H,16,17). The second kappa shape index (κ2) is 7.45. The number of hydrogen-bond acceptors (Lipinski definition) is 3. The minimum Gasteiger partial charge on any atom is -0.478 e. The first-order valence-electron chi connectivity index (χ1n) is 5.71. The van der Waals surface area contributed by atoms with Crippen LogP contribution >= 0.6 is 0 Å². The van der Waals surface area contributed by atoms with Crippen LogP contribution in [0.5, 0.6) is 0 Å². The summed E-state index contributed by atoms with van der Waals surface area (Å²) in [5, 5.41) is 11.6. The van der Waals surface area contributed by atoms with Crippen LogP contribution < -0.4 is 5.32 Å². The van der Waals surface area contributed by atoms with E-state index >= 15 is 0 Å². The molecule has 5 heteroatoms. The van der Waals surface area contributed by atoms with Crippen LogP contribution in [0.25, 0.3) is 0 Å². The van der Waals surface area contributed by atoms with Gasteiger partial charge in [0.05, 0.1) is 12.2 Å². The Morgan fingerprint density at radius 2 is 2.17 bits per heavy atom. The molecule has 2 N–H and O–H groups in total. The van der Waals surface area contributed by atoms with E-state index in [1.165, 1.54) is 0 Å². The Kier molecular flexibility index (Phi) is 5.87. The van der Waals surface area contributed by atoms with E-state index in [1.54, 1.807) is 25.3 Å². The monoisotopic (exact) mass is 251 g/mol. The molecule has 1 rings (SSSR count). The van der Waals surface area contributed by atoms with Crippen molar-refractivity contribution in [3.8, 4) is 0 Å². The molecule has 0 aliphatic rings. The molecular formula is C13H17NO4. The minimum atomic E-state index is -0.944. The summed E-state index contributed by atoms with van der Waals surface area (Å²) in [5.41, 5.74) is 1.15. The second-order valence-corrected chi connectivity index (χ2v) is 3.85. The topological polar surface area (TPSA) is 75.6 Å². The maximum absolute atomic E-state index is 11.3. The lowest BCUT2D eigenvalue weighted by Crippen LogP contribution is -2.26. The Bertz CT molecular complexity index is 417. The van der Waals surface area contributed by atoms with Crippen molar-refractivity contribution in [3.05, 3.63) is 35.4 Å². The Morgan fingerprint density at radius 1 is 1.39 bits per heavy atom. The fourth-order valence-electron chi connectivity index (χ4n) is 1.49. The number of carboxylic acids is 1. The summed E-state index contributed by atoms with van der Waals surface area (Å²) < 4.78 is 4.79. The molecule has 0 heterocycles. The van der Waals surface area contributed by atoms with Crippen molar-refractivity contribution < 1.29 is 19.4 Å². The van der Waals surface area contributed by atoms with Crippen LogP contribution in [0.2, 0.25) is 0 Å². The highest BCUT2D eigenvalue weighted by molar-refractivity contribution is 5.87. The van der Waals surface area contributed by atoms with Gasteiger partial charge in [0.15, 0.2) is 0 Å². The number of carbonyl (C=O) groups is 2. The molecule has 18 heavy (non-hydrogen) atoms. The second-order valence-electron chi connectivity index (χ2n) is 3.85. The van der Waals surface area contributed by atoms with Crippen molar-refractivity contribution in [2.24, 2.45) is 0 Å². The van der Waals surface area contributed by atoms with E-state index in [4.69, 9.17) is 9.84 Å². The number of carbonyl (C=O) groups excluding carboxylic acids is 1. The van der Waals surface area contributed by atoms with Gasteiger partial charge in [0.2, 0.25) is 5.91 Å². The summed E-state index contributed by atoms with van der Waals surface area (Å²) in [5.74, 6) is -1.01. The van der Waals surface area contributed by atoms with Gasteiger partial charge in [0.25, 0.3) is 0 Å². The number of nitrogens with one attached hydrogen (secondary N) is 1. The first-order valence-corrected chi connectivity index (χ1v) is 5.71. The van der Waals surface area contributed by atoms with Gasteiger partial charge < -0.3 is 15.2 Å². The highest BCUT2D eigenvalue weighted by Gasteiger charge is 2.04. The SMILES string of the molecule is COCCC(=O)NCCc1cccc(C(=O)O)c1. The molecular weight excluding hydrogens is 234 g/mol. The smallest absolute Gasteiger partial charge is 0.335 e. The lowest BCUT2D eigenvalue weighted by Gasteiger charge is -2.05. The van der Waals surface area contributed by atoms with E-state index in [1.807, 2.05) is 6.07 Å². The maximum Gasteiger partial charge on any atom is 0.335 e. The van der Waals surface area contributed by atoms with Crippen molar-refractivity contribution in [2.45, 2.75) is 12.8 Å². The van der Waals surface area contributed by atoms with Crippen molar-refractivity contribution in [2.75, 3.05) is 20.3 Å². The first-order chi connectivity index (χ1) is 8.63. The number of rotatable bonds is 7. The zero-order valence-electron chi connectivity index (χ0n) is 10.3. The molecule has 0 aliphatic heterocycles. The van der Waals surface area contributed by atoms with Crippen LogP contribution in [0, 0.1) is 0 Å². The summed E-state index contributed by atoms with van der Waals surface area (Å²) in [7, 11) is 1.55. The average Bonchev–Trinajstić information content (AvgIpc) is 2.36. The highest BCUT2D eigenvalue weighted by atomic mass is 16.5. The van der Waals surface area contributed by atoms with Crippen LogP contribution in [0.1, 0.15) is 22.3 Å². The fourth-order valence-corrected chi connectivity index (χ4v) is 1.49. The summed E-state index contributed by atoms with van der Waals surface area (Å²) >= 11 is 0. The molecule has 0 bridgehead atoms. The van der Waals surface area contributed by atoms with Gasteiger partial charge in [-0.3, -0.25) is 4.79 Å². The van der Waals surface area contributed by atoms with Crippen LogP contribution in [-0.2, 0) is 16.0 Å². The molecule has 0 aromatic heterocycles. The third-order valence-corrected chi connectivity index (χ3v) is 2.44. The molecule has 98 valence electrons. The number of ether oxygens (including phenoxy) is 1. The third kappa shape index (κ3) is 4.97. The maximum atomic E-state index is 11.3. The van der Waals surface area contributed by atoms with E-state index in [2.05, 4.69) is 5.32 Å². The van der Waals surface area contributed by atoms with Gasteiger partial charge in [-0.15, -0.1) is 0 Å². The van der Waals surface area contributed by atoms with Crippen LogP contribution in [0.15, 0.2) is 24.3 Å². The predicted octanol–water partition coefficient (Wildman–Crippen LogP) is 1.08. The molecule has 0 unspecified atom stereocenters. The Balaban J connectivity index is 2.37. The summed E-state index contributed by atoms with van der Waals surface area (Å²) in [6.45, 7) is 0.895. The minimum absolute atomic E-state index is 0.0637. The number of aromatic carboxylic acids is 1. The van der Waals surface area contributed by atoms with Gasteiger partial charge in [-0.25, -0.2) is 4.79 Å². The Hall–Kier alpha value is -1.88. The molecule has 1 aromatic carbocycles. The van der Waals surface area contributed by atoms with Crippen LogP contribution in [-0.4, -0.2) is 37.2 Å².